The highest BCUT2D eigenvalue weighted by Gasteiger charge is 2.35. The number of benzene rings is 2. The minimum Gasteiger partial charge on any atom is -0.382 e. The van der Waals surface area contributed by atoms with Crippen molar-refractivity contribution in [2.45, 2.75) is 36.5 Å². The molecule has 0 atom stereocenters. The van der Waals surface area contributed by atoms with Crippen molar-refractivity contribution >= 4 is 27.3 Å². The molecule has 5 nitrogen and oxygen atoms in total. The minimum atomic E-state index is -4.70. The van der Waals surface area contributed by atoms with E-state index in [1.54, 1.807) is 0 Å². The molecular formula is C19H21ClF3N3O2S. The van der Waals surface area contributed by atoms with Crippen molar-refractivity contribution in [3.8, 4) is 0 Å². The van der Waals surface area contributed by atoms with Gasteiger partial charge in [-0.1, -0.05) is 23.7 Å². The van der Waals surface area contributed by atoms with Gasteiger partial charge in [-0.2, -0.15) is 13.2 Å². The third-order valence-electron chi connectivity index (χ3n) is 4.89. The fourth-order valence-corrected chi connectivity index (χ4v) is 4.03. The molecule has 10 heteroatoms. The van der Waals surface area contributed by atoms with Gasteiger partial charge in [-0.05, 0) is 48.7 Å². The molecule has 0 amide bonds. The summed E-state index contributed by atoms with van der Waals surface area (Å²) >= 11 is 5.89. The Morgan fingerprint density at radius 2 is 1.72 bits per heavy atom. The van der Waals surface area contributed by atoms with Crippen LogP contribution in [-0.4, -0.2) is 32.4 Å². The topological polar surface area (TPSA) is 75.4 Å². The number of hydrogen-bond acceptors (Lipinski definition) is 4. The van der Waals surface area contributed by atoms with E-state index in [0.717, 1.165) is 37.3 Å². The van der Waals surface area contributed by atoms with Crippen molar-refractivity contribution in [3.63, 3.8) is 0 Å². The zero-order valence-electron chi connectivity index (χ0n) is 15.4. The van der Waals surface area contributed by atoms with Gasteiger partial charge in [0, 0.05) is 36.4 Å². The van der Waals surface area contributed by atoms with E-state index in [1.165, 1.54) is 0 Å². The van der Waals surface area contributed by atoms with Gasteiger partial charge in [0.2, 0.25) is 10.0 Å². The van der Waals surface area contributed by atoms with E-state index < -0.39 is 26.7 Å². The van der Waals surface area contributed by atoms with Crippen LogP contribution in [0.1, 0.15) is 24.0 Å². The van der Waals surface area contributed by atoms with E-state index >= 15 is 0 Å². The van der Waals surface area contributed by atoms with Crippen LogP contribution in [0.4, 0.5) is 18.9 Å². The van der Waals surface area contributed by atoms with Gasteiger partial charge < -0.3 is 5.32 Å². The zero-order chi connectivity index (χ0) is 21.2. The lowest BCUT2D eigenvalue weighted by molar-refractivity contribution is -0.137. The van der Waals surface area contributed by atoms with Crippen LogP contribution < -0.4 is 10.5 Å². The van der Waals surface area contributed by atoms with Crippen LogP contribution >= 0.6 is 11.6 Å². The first-order valence-electron chi connectivity index (χ1n) is 9.00. The molecule has 1 heterocycles. The maximum absolute atomic E-state index is 13.4. The summed E-state index contributed by atoms with van der Waals surface area (Å²) in [7, 11) is -4.22. The third-order valence-corrected chi connectivity index (χ3v) is 6.05. The molecule has 2 aromatic carbocycles. The van der Waals surface area contributed by atoms with Crippen molar-refractivity contribution in [3.05, 3.63) is 58.6 Å². The second kappa shape index (κ2) is 8.51. The molecule has 29 heavy (non-hydrogen) atoms. The van der Waals surface area contributed by atoms with Crippen molar-refractivity contribution in [2.24, 2.45) is 5.14 Å². The monoisotopic (exact) mass is 447 g/mol. The lowest BCUT2D eigenvalue weighted by Gasteiger charge is -2.33. The largest absolute Gasteiger partial charge is 0.418 e. The number of nitrogens with two attached hydrogens (primary N) is 1. The van der Waals surface area contributed by atoms with E-state index in [-0.39, 0.29) is 11.7 Å². The minimum absolute atomic E-state index is 0.138. The second-order valence-corrected chi connectivity index (χ2v) is 9.07. The molecule has 1 fully saturated rings. The van der Waals surface area contributed by atoms with E-state index in [2.05, 4.69) is 10.2 Å². The summed E-state index contributed by atoms with van der Waals surface area (Å²) in [5.41, 5.74) is -0.0487. The maximum atomic E-state index is 13.4. The Bertz CT molecular complexity index is 958. The third kappa shape index (κ3) is 5.85. The fourth-order valence-electron chi connectivity index (χ4n) is 3.36. The first-order chi connectivity index (χ1) is 13.5. The Labute approximate surface area is 172 Å². The first-order valence-corrected chi connectivity index (χ1v) is 10.9. The van der Waals surface area contributed by atoms with E-state index in [1.807, 2.05) is 24.3 Å². The number of alkyl halides is 3. The highest BCUT2D eigenvalue weighted by Crippen LogP contribution is 2.37. The van der Waals surface area contributed by atoms with Crippen molar-refractivity contribution in [2.75, 3.05) is 18.4 Å². The molecule has 3 N–H and O–H groups in total. The number of likely N-dealkylation sites (tertiary alicyclic amines) is 1. The number of sulfonamides is 1. The zero-order valence-corrected chi connectivity index (χ0v) is 17.0. The van der Waals surface area contributed by atoms with Gasteiger partial charge in [0.25, 0.3) is 0 Å². The lowest BCUT2D eigenvalue weighted by Crippen LogP contribution is -2.39. The van der Waals surface area contributed by atoms with Gasteiger partial charge >= 0.3 is 6.18 Å². The Morgan fingerprint density at radius 1 is 1.10 bits per heavy atom. The van der Waals surface area contributed by atoms with Gasteiger partial charge in [0.1, 0.15) is 0 Å². The Hall–Kier alpha value is -1.81. The smallest absolute Gasteiger partial charge is 0.382 e. The standard InChI is InChI=1S/C19H21ClF3N3O2S/c20-14-3-1-13(2-4-14)12-26-9-7-15(8-10-26)25-18-6-5-16(29(24,27)28)11-17(18)19(21,22)23/h1-6,11,15,25H,7-10,12H2,(H2,24,27,28). The van der Waals surface area contributed by atoms with Crippen LogP contribution in [0.15, 0.2) is 47.4 Å². The Kier molecular flexibility index (Phi) is 6.42. The van der Waals surface area contributed by atoms with Crippen LogP contribution in [-0.2, 0) is 22.7 Å². The number of nitrogens with zero attached hydrogens (tertiary/aromatic N) is 1. The molecule has 1 saturated heterocycles. The molecule has 1 aliphatic heterocycles. The summed E-state index contributed by atoms with van der Waals surface area (Å²) < 4.78 is 63.0. The summed E-state index contributed by atoms with van der Waals surface area (Å²) in [6, 6.07) is 10.2. The summed E-state index contributed by atoms with van der Waals surface area (Å²) in [5.74, 6) is 0. The van der Waals surface area contributed by atoms with Crippen LogP contribution in [0.3, 0.4) is 0 Å². The first kappa shape index (κ1) is 21.9. The Morgan fingerprint density at radius 3 is 2.28 bits per heavy atom. The van der Waals surface area contributed by atoms with Gasteiger partial charge in [0.05, 0.1) is 10.5 Å². The SMILES string of the molecule is NS(=O)(=O)c1ccc(NC2CCN(Cc3ccc(Cl)cc3)CC2)c(C(F)(F)F)c1. The lowest BCUT2D eigenvalue weighted by atomic mass is 10.0. The molecule has 0 unspecified atom stereocenters. The summed E-state index contributed by atoms with van der Waals surface area (Å²) in [6.45, 7) is 2.22. The predicted molar refractivity (Wildman–Crippen MR) is 106 cm³/mol. The highest BCUT2D eigenvalue weighted by molar-refractivity contribution is 7.89. The average Bonchev–Trinajstić information content (AvgIpc) is 2.64. The van der Waals surface area contributed by atoms with Crippen LogP contribution in [0, 0.1) is 0 Å². The van der Waals surface area contributed by atoms with E-state index in [0.29, 0.717) is 23.9 Å². The quantitative estimate of drug-likeness (QED) is 0.724. The molecule has 0 saturated carbocycles. The summed E-state index contributed by atoms with van der Waals surface area (Å²) in [4.78, 5) is 1.67. The van der Waals surface area contributed by atoms with E-state index in [4.69, 9.17) is 16.7 Å². The Balaban J connectivity index is 1.66. The molecular weight excluding hydrogens is 427 g/mol. The maximum Gasteiger partial charge on any atom is 0.418 e. The summed E-state index contributed by atoms with van der Waals surface area (Å²) in [6.07, 6.45) is -3.36. The van der Waals surface area contributed by atoms with Crippen molar-refractivity contribution < 1.29 is 21.6 Å². The molecule has 2 aromatic rings. The second-order valence-electron chi connectivity index (χ2n) is 7.07. The number of halogens is 4. The molecule has 0 aromatic heterocycles. The summed E-state index contributed by atoms with van der Waals surface area (Å²) in [5, 5.41) is 8.56. The number of piperidine rings is 1. The van der Waals surface area contributed by atoms with Crippen molar-refractivity contribution in [1.29, 1.82) is 0 Å². The predicted octanol–water partition coefficient (Wildman–Crippen LogP) is 4.08. The van der Waals surface area contributed by atoms with Gasteiger partial charge in [0.15, 0.2) is 0 Å². The fraction of sp³-hybridized carbons (Fsp3) is 0.368. The van der Waals surface area contributed by atoms with Crippen LogP contribution in [0.25, 0.3) is 0 Å². The molecule has 0 aliphatic carbocycles. The molecule has 0 radical (unpaired) electrons. The number of anilines is 1. The van der Waals surface area contributed by atoms with Crippen LogP contribution in [0.2, 0.25) is 5.02 Å². The number of primary sulfonamides is 1. The number of nitrogens with one attached hydrogen (secondary N) is 1. The normalized spacial score (nSPS) is 16.7. The average molecular weight is 448 g/mol. The molecule has 3 rings (SSSR count). The van der Waals surface area contributed by atoms with E-state index in [9.17, 15) is 21.6 Å². The van der Waals surface area contributed by atoms with Gasteiger partial charge in [-0.15, -0.1) is 0 Å². The van der Waals surface area contributed by atoms with Crippen molar-refractivity contribution in [1.82, 2.24) is 4.90 Å². The number of hydrogen-bond donors (Lipinski definition) is 2. The highest BCUT2D eigenvalue weighted by atomic mass is 35.5. The van der Waals surface area contributed by atoms with Crippen LogP contribution in [0.5, 0.6) is 0 Å². The van der Waals surface area contributed by atoms with Gasteiger partial charge in [-0.25, -0.2) is 13.6 Å². The molecule has 158 valence electrons. The number of rotatable bonds is 5. The molecule has 1 aliphatic rings. The molecule has 0 spiro atoms. The molecule has 0 bridgehead atoms. The van der Waals surface area contributed by atoms with Gasteiger partial charge in [-0.3, -0.25) is 4.90 Å².